The van der Waals surface area contributed by atoms with E-state index in [1.54, 1.807) is 0 Å². The Morgan fingerprint density at radius 3 is 2.70 bits per heavy atom. The predicted octanol–water partition coefficient (Wildman–Crippen LogP) is 1.25. The molecule has 1 aliphatic heterocycles. The van der Waals surface area contributed by atoms with Gasteiger partial charge in [0.2, 0.25) is 5.91 Å². The third-order valence-electron chi connectivity index (χ3n) is 7.92. The summed E-state index contributed by atoms with van der Waals surface area (Å²) in [5.74, 6) is 0.620. The number of nitriles is 1. The van der Waals surface area contributed by atoms with Crippen LogP contribution in [-0.2, 0) is 9.53 Å². The van der Waals surface area contributed by atoms with Crippen LogP contribution in [0.3, 0.4) is 0 Å². The van der Waals surface area contributed by atoms with Crippen LogP contribution in [0.2, 0.25) is 0 Å². The first-order chi connectivity index (χ1) is 15.8. The van der Waals surface area contributed by atoms with Gasteiger partial charge in [0.1, 0.15) is 0 Å². The summed E-state index contributed by atoms with van der Waals surface area (Å²) in [6.45, 7) is 6.40. The van der Waals surface area contributed by atoms with Crippen LogP contribution in [0.25, 0.3) is 0 Å². The molecule has 0 radical (unpaired) electrons. The van der Waals surface area contributed by atoms with E-state index in [2.05, 4.69) is 33.8 Å². The predicted molar refractivity (Wildman–Crippen MR) is 128 cm³/mol. The van der Waals surface area contributed by atoms with Gasteiger partial charge in [0.25, 0.3) is 0 Å². The van der Waals surface area contributed by atoms with E-state index in [0.717, 1.165) is 45.1 Å². The number of aliphatic hydroxyl groups excluding tert-OH is 1. The minimum absolute atomic E-state index is 0.00964. The van der Waals surface area contributed by atoms with E-state index in [1.165, 1.54) is 0 Å². The highest BCUT2D eigenvalue weighted by atomic mass is 16.5. The molecule has 0 aromatic carbocycles. The third kappa shape index (κ3) is 7.12. The fraction of sp³-hybridized carbons (Fsp3) is 0.920. The Morgan fingerprint density at radius 1 is 1.24 bits per heavy atom. The molecular formula is C25H45N5O3. The average Bonchev–Trinajstić information content (AvgIpc) is 2.76. The molecule has 9 atom stereocenters. The number of carbonyl (C=O) groups is 1. The van der Waals surface area contributed by atoms with Crippen LogP contribution in [0.4, 0.5) is 0 Å². The average molecular weight is 464 g/mol. The van der Waals surface area contributed by atoms with E-state index in [-0.39, 0.29) is 48.1 Å². The number of ether oxygens (including phenoxy) is 1. The summed E-state index contributed by atoms with van der Waals surface area (Å²) < 4.78 is 6.08. The molecular weight excluding hydrogens is 418 g/mol. The lowest BCUT2D eigenvalue weighted by Gasteiger charge is -2.50. The fourth-order valence-corrected chi connectivity index (χ4v) is 6.15. The zero-order valence-electron chi connectivity index (χ0n) is 20.9. The Balaban J connectivity index is 1.69. The van der Waals surface area contributed by atoms with E-state index in [1.807, 2.05) is 21.0 Å². The molecule has 1 saturated heterocycles. The van der Waals surface area contributed by atoms with Crippen LogP contribution in [0, 0.1) is 29.1 Å². The van der Waals surface area contributed by atoms with Crippen molar-refractivity contribution in [2.24, 2.45) is 17.8 Å². The van der Waals surface area contributed by atoms with Crippen LogP contribution in [0.15, 0.2) is 0 Å². The summed E-state index contributed by atoms with van der Waals surface area (Å²) >= 11 is 0. The Bertz CT molecular complexity index is 669. The molecule has 8 heteroatoms. The summed E-state index contributed by atoms with van der Waals surface area (Å²) in [5.41, 5.74) is 0. The summed E-state index contributed by atoms with van der Waals surface area (Å²) in [6, 6.07) is 3.17. The molecule has 1 heterocycles. The van der Waals surface area contributed by atoms with Gasteiger partial charge in [0, 0.05) is 37.7 Å². The van der Waals surface area contributed by atoms with Gasteiger partial charge in [-0.05, 0) is 77.9 Å². The molecule has 188 valence electrons. The van der Waals surface area contributed by atoms with E-state index in [4.69, 9.17) is 4.74 Å². The molecule has 0 bridgehead atoms. The van der Waals surface area contributed by atoms with E-state index >= 15 is 0 Å². The Kier molecular flexibility index (Phi) is 9.95. The molecule has 2 saturated carbocycles. The van der Waals surface area contributed by atoms with Gasteiger partial charge in [-0.2, -0.15) is 5.26 Å². The highest BCUT2D eigenvalue weighted by Crippen LogP contribution is 2.36. The molecule has 3 fully saturated rings. The lowest BCUT2D eigenvalue weighted by Crippen LogP contribution is -2.66. The SMILES string of the molecule is CCOC1CC2NCC(C#N)C(NC3CCC(O)CC3C)C2CC1NC(=O)CCCN(C)C. The number of hydrogen-bond donors (Lipinski definition) is 4. The molecule has 8 nitrogen and oxygen atoms in total. The number of nitrogens with one attached hydrogen (secondary N) is 3. The van der Waals surface area contributed by atoms with Gasteiger partial charge >= 0.3 is 0 Å². The maximum Gasteiger partial charge on any atom is 0.220 e. The molecule has 4 N–H and O–H groups in total. The Labute approximate surface area is 199 Å². The highest BCUT2D eigenvalue weighted by molar-refractivity contribution is 5.76. The van der Waals surface area contributed by atoms with Gasteiger partial charge < -0.3 is 30.7 Å². The van der Waals surface area contributed by atoms with E-state index in [9.17, 15) is 15.2 Å². The van der Waals surface area contributed by atoms with Gasteiger partial charge in [-0.15, -0.1) is 0 Å². The lowest BCUT2D eigenvalue weighted by molar-refractivity contribution is -0.124. The van der Waals surface area contributed by atoms with Crippen molar-refractivity contribution < 1.29 is 14.6 Å². The van der Waals surface area contributed by atoms with Gasteiger partial charge in [-0.1, -0.05) is 6.92 Å². The first-order valence-corrected chi connectivity index (χ1v) is 12.9. The normalized spacial score (nSPS) is 39.0. The van der Waals surface area contributed by atoms with Crippen LogP contribution in [-0.4, -0.2) is 86.1 Å². The minimum Gasteiger partial charge on any atom is -0.393 e. The van der Waals surface area contributed by atoms with E-state index < -0.39 is 0 Å². The van der Waals surface area contributed by atoms with Crippen LogP contribution in [0.5, 0.6) is 0 Å². The number of nitrogens with zero attached hydrogens (tertiary/aromatic N) is 2. The summed E-state index contributed by atoms with van der Waals surface area (Å²) in [5, 5.41) is 30.7. The Hall–Kier alpha value is -1.24. The van der Waals surface area contributed by atoms with Crippen molar-refractivity contribution in [2.75, 3.05) is 33.8 Å². The first kappa shape index (κ1) is 26.4. The summed E-state index contributed by atoms with van der Waals surface area (Å²) in [7, 11) is 4.04. The smallest absolute Gasteiger partial charge is 0.220 e. The van der Waals surface area contributed by atoms with E-state index in [0.29, 0.717) is 31.5 Å². The molecule has 9 unspecified atom stereocenters. The highest BCUT2D eigenvalue weighted by Gasteiger charge is 2.47. The standard InChI is InChI=1S/C25H45N5O3/c1-5-33-23-13-21-19(12-22(23)28-24(32)7-6-10-30(3)4)25(17(14-26)15-27-21)29-20-9-8-18(31)11-16(20)2/h16-23,25,27,29,31H,5-13,15H2,1-4H3,(H,28,32). The second-order valence-electron chi connectivity index (χ2n) is 10.7. The van der Waals surface area contributed by atoms with Gasteiger partial charge in [-0.25, -0.2) is 0 Å². The second kappa shape index (κ2) is 12.5. The number of carbonyl (C=O) groups excluding carboxylic acids is 1. The maximum atomic E-state index is 12.7. The van der Waals surface area contributed by atoms with Gasteiger partial charge in [0.15, 0.2) is 0 Å². The molecule has 33 heavy (non-hydrogen) atoms. The monoisotopic (exact) mass is 463 g/mol. The number of fused-ring (bicyclic) bond motifs is 1. The number of hydrogen-bond acceptors (Lipinski definition) is 7. The largest absolute Gasteiger partial charge is 0.393 e. The van der Waals surface area contributed by atoms with Crippen molar-refractivity contribution in [3.8, 4) is 6.07 Å². The van der Waals surface area contributed by atoms with Crippen molar-refractivity contribution in [1.82, 2.24) is 20.9 Å². The van der Waals surface area contributed by atoms with Crippen LogP contribution < -0.4 is 16.0 Å². The van der Waals surface area contributed by atoms with Crippen molar-refractivity contribution >= 4 is 5.91 Å². The van der Waals surface area contributed by atoms with Crippen LogP contribution in [0.1, 0.15) is 58.8 Å². The fourth-order valence-electron chi connectivity index (χ4n) is 6.15. The Morgan fingerprint density at radius 2 is 2.03 bits per heavy atom. The third-order valence-corrected chi connectivity index (χ3v) is 7.92. The van der Waals surface area contributed by atoms with Gasteiger partial charge in [0.05, 0.1) is 30.2 Å². The van der Waals surface area contributed by atoms with Gasteiger partial charge in [-0.3, -0.25) is 4.79 Å². The quantitative estimate of drug-likeness (QED) is 0.407. The molecule has 2 aliphatic carbocycles. The van der Waals surface area contributed by atoms with Crippen molar-refractivity contribution in [1.29, 1.82) is 5.26 Å². The van der Waals surface area contributed by atoms with Crippen molar-refractivity contribution in [3.63, 3.8) is 0 Å². The minimum atomic E-state index is -0.209. The lowest BCUT2D eigenvalue weighted by atomic mass is 9.69. The zero-order chi connectivity index (χ0) is 24.0. The molecule has 0 aromatic rings. The topological polar surface area (TPSA) is 110 Å². The molecule has 3 rings (SSSR count). The number of aliphatic hydroxyl groups is 1. The zero-order valence-corrected chi connectivity index (χ0v) is 20.9. The summed E-state index contributed by atoms with van der Waals surface area (Å²) in [4.78, 5) is 14.8. The maximum absolute atomic E-state index is 12.7. The number of piperidine rings is 1. The molecule has 0 spiro atoms. The molecule has 3 aliphatic rings. The molecule has 1 amide bonds. The second-order valence-corrected chi connectivity index (χ2v) is 10.7. The molecule has 0 aromatic heterocycles. The summed E-state index contributed by atoms with van der Waals surface area (Å²) in [6.07, 6.45) is 5.36. The van der Waals surface area contributed by atoms with Crippen molar-refractivity contribution in [2.45, 2.75) is 95.2 Å². The van der Waals surface area contributed by atoms with Crippen molar-refractivity contribution in [3.05, 3.63) is 0 Å². The number of amides is 1. The van der Waals surface area contributed by atoms with Crippen LogP contribution >= 0.6 is 0 Å². The number of rotatable bonds is 9. The first-order valence-electron chi connectivity index (χ1n) is 12.9.